The van der Waals surface area contributed by atoms with E-state index in [-0.39, 0.29) is 37.3 Å². The summed E-state index contributed by atoms with van der Waals surface area (Å²) < 4.78 is 30.7. The van der Waals surface area contributed by atoms with Crippen LogP contribution < -0.4 is 4.74 Å². The fourth-order valence-electron chi connectivity index (χ4n) is 3.49. The number of hydrogen-bond acceptors (Lipinski definition) is 7. The number of carbonyl (C=O) groups excluding carboxylic acids is 2. The molecule has 4 rings (SSSR count). The summed E-state index contributed by atoms with van der Waals surface area (Å²) in [5.74, 6) is -0.234. The Hall–Kier alpha value is -2.91. The summed E-state index contributed by atoms with van der Waals surface area (Å²) >= 11 is 0. The van der Waals surface area contributed by atoms with E-state index in [1.54, 1.807) is 33.8 Å². The van der Waals surface area contributed by atoms with E-state index < -0.39 is 29.9 Å². The monoisotopic (exact) mass is 434 g/mol. The van der Waals surface area contributed by atoms with Gasteiger partial charge in [-0.25, -0.2) is 14.0 Å². The van der Waals surface area contributed by atoms with Crippen LogP contribution in [0.1, 0.15) is 62.6 Å². The van der Waals surface area contributed by atoms with E-state index in [9.17, 15) is 14.0 Å². The summed E-state index contributed by atoms with van der Waals surface area (Å²) in [5, 5.41) is 0. The number of alkyl halides is 1. The molecular weight excluding hydrogens is 407 g/mol. The van der Waals surface area contributed by atoms with Crippen molar-refractivity contribution in [1.82, 2.24) is 19.9 Å². The Morgan fingerprint density at radius 3 is 2.65 bits per heavy atom. The number of likely N-dealkylation sites (tertiary alicyclic amines) is 1. The Balaban J connectivity index is 1.54. The number of halogens is 1. The molecule has 0 spiro atoms. The number of esters is 1. The van der Waals surface area contributed by atoms with Gasteiger partial charge in [-0.15, -0.1) is 0 Å². The van der Waals surface area contributed by atoms with Crippen LogP contribution >= 0.6 is 0 Å². The maximum Gasteiger partial charge on any atom is 0.410 e. The van der Waals surface area contributed by atoms with Crippen molar-refractivity contribution >= 4 is 23.1 Å². The molecule has 2 aromatic heterocycles. The third-order valence-corrected chi connectivity index (χ3v) is 5.05. The largest absolute Gasteiger partial charge is 0.461 e. The molecule has 2 fully saturated rings. The summed E-state index contributed by atoms with van der Waals surface area (Å²) in [4.78, 5) is 37.5. The van der Waals surface area contributed by atoms with E-state index in [0.29, 0.717) is 11.0 Å². The molecule has 10 heteroatoms. The van der Waals surface area contributed by atoms with Crippen molar-refractivity contribution in [2.45, 2.75) is 64.3 Å². The van der Waals surface area contributed by atoms with Gasteiger partial charge in [-0.2, -0.15) is 9.97 Å². The molecule has 1 saturated heterocycles. The molecule has 0 unspecified atom stereocenters. The van der Waals surface area contributed by atoms with Crippen LogP contribution in [0.5, 0.6) is 6.01 Å². The van der Waals surface area contributed by atoms with Crippen molar-refractivity contribution in [2.24, 2.45) is 0 Å². The van der Waals surface area contributed by atoms with Gasteiger partial charge in [-0.1, -0.05) is 0 Å². The second-order valence-electron chi connectivity index (χ2n) is 8.89. The zero-order valence-corrected chi connectivity index (χ0v) is 18.1. The van der Waals surface area contributed by atoms with Gasteiger partial charge in [-0.3, -0.25) is 0 Å². The molecule has 168 valence electrons. The standard InChI is InChI=1S/C21H27FN4O5/c1-5-29-18(27)14-8-13-17(23-14)16(11-6-7-11)25-19(24-13)30-15-10-26(9-12(15)22)20(28)31-21(2,3)4/h8,11-12,15,23H,5-7,9-10H2,1-4H3/t12-,15+/m1/s1. The molecular formula is C21H27FN4O5. The molecule has 1 N–H and O–H groups in total. The van der Waals surface area contributed by atoms with E-state index in [0.717, 1.165) is 18.5 Å². The first kappa shape index (κ1) is 21.3. The second-order valence-corrected chi connectivity index (χ2v) is 8.89. The highest BCUT2D eigenvalue weighted by Gasteiger charge is 2.40. The highest BCUT2D eigenvalue weighted by atomic mass is 19.1. The number of carbonyl (C=O) groups is 2. The third kappa shape index (κ3) is 4.72. The summed E-state index contributed by atoms with van der Waals surface area (Å²) in [6, 6.07) is 1.62. The van der Waals surface area contributed by atoms with Crippen LogP contribution in [-0.4, -0.2) is 69.5 Å². The van der Waals surface area contributed by atoms with Crippen LogP contribution in [-0.2, 0) is 9.47 Å². The van der Waals surface area contributed by atoms with Crippen molar-refractivity contribution < 1.29 is 28.2 Å². The van der Waals surface area contributed by atoms with Gasteiger partial charge in [0.25, 0.3) is 0 Å². The highest BCUT2D eigenvalue weighted by Crippen LogP contribution is 2.42. The molecule has 2 atom stereocenters. The lowest BCUT2D eigenvalue weighted by molar-refractivity contribution is 0.0272. The lowest BCUT2D eigenvalue weighted by Gasteiger charge is -2.24. The number of aromatic amines is 1. The van der Waals surface area contributed by atoms with Gasteiger partial charge in [0.15, 0.2) is 12.3 Å². The average molecular weight is 434 g/mol. The number of amides is 1. The Labute approximate surface area is 179 Å². The number of nitrogens with one attached hydrogen (secondary N) is 1. The number of fused-ring (bicyclic) bond motifs is 1. The van der Waals surface area contributed by atoms with Gasteiger partial charge in [-0.05, 0) is 46.6 Å². The van der Waals surface area contributed by atoms with Gasteiger partial charge in [0.05, 0.1) is 36.4 Å². The van der Waals surface area contributed by atoms with Gasteiger partial charge in [0.1, 0.15) is 11.3 Å². The first-order chi connectivity index (χ1) is 14.6. The lowest BCUT2D eigenvalue weighted by atomic mass is 10.2. The normalized spacial score (nSPS) is 21.4. The first-order valence-corrected chi connectivity index (χ1v) is 10.5. The smallest absolute Gasteiger partial charge is 0.410 e. The van der Waals surface area contributed by atoms with Crippen molar-refractivity contribution in [3.05, 3.63) is 17.5 Å². The minimum Gasteiger partial charge on any atom is -0.461 e. The van der Waals surface area contributed by atoms with Crippen LogP contribution in [0.4, 0.5) is 9.18 Å². The molecule has 0 aromatic carbocycles. The van der Waals surface area contributed by atoms with E-state index >= 15 is 0 Å². The Kier molecular flexibility index (Phi) is 5.49. The number of ether oxygens (including phenoxy) is 3. The molecule has 9 nitrogen and oxygen atoms in total. The van der Waals surface area contributed by atoms with Crippen LogP contribution in [0.3, 0.4) is 0 Å². The van der Waals surface area contributed by atoms with Crippen LogP contribution in [0.25, 0.3) is 11.0 Å². The minimum atomic E-state index is -1.39. The molecule has 0 radical (unpaired) electrons. The molecule has 1 aliphatic carbocycles. The third-order valence-electron chi connectivity index (χ3n) is 5.05. The molecule has 1 aliphatic heterocycles. The average Bonchev–Trinajstić information content (AvgIpc) is 3.33. The second kappa shape index (κ2) is 7.97. The van der Waals surface area contributed by atoms with Crippen molar-refractivity contribution in [3.63, 3.8) is 0 Å². The zero-order chi connectivity index (χ0) is 22.3. The molecule has 1 saturated carbocycles. The molecule has 3 heterocycles. The number of nitrogens with zero attached hydrogens (tertiary/aromatic N) is 3. The number of aromatic nitrogens is 3. The summed E-state index contributed by atoms with van der Waals surface area (Å²) in [6.07, 6.45) is -0.930. The fraction of sp³-hybridized carbons (Fsp3) is 0.619. The highest BCUT2D eigenvalue weighted by molar-refractivity contribution is 5.94. The number of hydrogen-bond donors (Lipinski definition) is 1. The molecule has 0 bridgehead atoms. The predicted molar refractivity (Wildman–Crippen MR) is 109 cm³/mol. The van der Waals surface area contributed by atoms with Crippen molar-refractivity contribution in [3.8, 4) is 6.01 Å². The quantitative estimate of drug-likeness (QED) is 0.719. The molecule has 2 aromatic rings. The van der Waals surface area contributed by atoms with Gasteiger partial charge in [0.2, 0.25) is 0 Å². The maximum atomic E-state index is 14.6. The Morgan fingerprint density at radius 1 is 1.26 bits per heavy atom. The number of H-pyrrole nitrogens is 1. The molecule has 31 heavy (non-hydrogen) atoms. The summed E-state index contributed by atoms with van der Waals surface area (Å²) in [5.41, 5.74) is 1.53. The Morgan fingerprint density at radius 2 is 2.00 bits per heavy atom. The van der Waals surface area contributed by atoms with Crippen LogP contribution in [0.15, 0.2) is 6.07 Å². The maximum absolute atomic E-state index is 14.6. The lowest BCUT2D eigenvalue weighted by Crippen LogP contribution is -2.36. The van der Waals surface area contributed by atoms with E-state index in [4.69, 9.17) is 14.2 Å². The molecule has 2 aliphatic rings. The SMILES string of the molecule is CCOC(=O)c1cc2nc(O[C@H]3CN(C(=O)OC(C)(C)C)C[C@H]3F)nc(C3CC3)c2[nH]1. The molecule has 1 amide bonds. The Bertz CT molecular complexity index is 998. The van der Waals surface area contributed by atoms with Crippen molar-refractivity contribution in [2.75, 3.05) is 19.7 Å². The van der Waals surface area contributed by atoms with Crippen molar-refractivity contribution in [1.29, 1.82) is 0 Å². The minimum absolute atomic E-state index is 0.0301. The van der Waals surface area contributed by atoms with Crippen LogP contribution in [0.2, 0.25) is 0 Å². The van der Waals surface area contributed by atoms with E-state index in [1.165, 1.54) is 4.90 Å². The summed E-state index contributed by atoms with van der Waals surface area (Å²) in [7, 11) is 0. The predicted octanol–water partition coefficient (Wildman–Crippen LogP) is 3.35. The van der Waals surface area contributed by atoms with Gasteiger partial charge < -0.3 is 24.1 Å². The number of rotatable bonds is 5. The first-order valence-electron chi connectivity index (χ1n) is 10.5. The fourth-order valence-corrected chi connectivity index (χ4v) is 3.49. The van der Waals surface area contributed by atoms with Gasteiger partial charge >= 0.3 is 18.1 Å². The topological polar surface area (TPSA) is 107 Å². The summed E-state index contributed by atoms with van der Waals surface area (Å²) in [6.45, 7) is 7.18. The van der Waals surface area contributed by atoms with E-state index in [1.807, 2.05) is 0 Å². The van der Waals surface area contributed by atoms with Gasteiger partial charge in [0, 0.05) is 5.92 Å². The van der Waals surface area contributed by atoms with Crippen LogP contribution in [0, 0.1) is 0 Å². The zero-order valence-electron chi connectivity index (χ0n) is 18.1. The van der Waals surface area contributed by atoms with E-state index in [2.05, 4.69) is 15.0 Å².